The van der Waals surface area contributed by atoms with E-state index in [1.165, 1.54) is 20.2 Å². The Morgan fingerprint density at radius 2 is 2.00 bits per heavy atom. The van der Waals surface area contributed by atoms with Crippen LogP contribution in [0.5, 0.6) is 0 Å². The van der Waals surface area contributed by atoms with Crippen molar-refractivity contribution >= 4 is 21.5 Å². The van der Waals surface area contributed by atoms with Gasteiger partial charge in [-0.3, -0.25) is 4.31 Å². The largest absolute Gasteiger partial charge is 0.396 e. The van der Waals surface area contributed by atoms with E-state index in [9.17, 15) is 12.8 Å². The minimum absolute atomic E-state index is 0.0375. The van der Waals surface area contributed by atoms with Crippen LogP contribution < -0.4 is 10.0 Å². The van der Waals surface area contributed by atoms with Gasteiger partial charge in [0.2, 0.25) is 0 Å². The van der Waals surface area contributed by atoms with Crippen molar-refractivity contribution in [3.63, 3.8) is 0 Å². The molecule has 1 heterocycles. The Hall–Kier alpha value is -2.15. The zero-order valence-electron chi connectivity index (χ0n) is 11.0. The molecule has 20 heavy (non-hydrogen) atoms. The Bertz CT molecular complexity index is 733. The number of hydrogen-bond donors (Lipinski definition) is 1. The number of hydrogen-bond acceptors (Lipinski definition) is 4. The van der Waals surface area contributed by atoms with E-state index in [-0.39, 0.29) is 16.4 Å². The maximum absolute atomic E-state index is 13.3. The van der Waals surface area contributed by atoms with Crippen LogP contribution in [-0.4, -0.2) is 20.4 Å². The summed E-state index contributed by atoms with van der Waals surface area (Å²) in [4.78, 5) is 3.94. The molecule has 0 saturated carbocycles. The molecule has 1 aromatic heterocycles. The second kappa shape index (κ2) is 5.09. The van der Waals surface area contributed by atoms with Crippen molar-refractivity contribution in [1.29, 1.82) is 0 Å². The topological polar surface area (TPSA) is 76.3 Å². The highest BCUT2D eigenvalue weighted by Crippen LogP contribution is 2.26. The molecule has 0 aliphatic carbocycles. The maximum atomic E-state index is 13.3. The van der Waals surface area contributed by atoms with Crippen molar-refractivity contribution < 1.29 is 12.8 Å². The van der Waals surface area contributed by atoms with Crippen molar-refractivity contribution in [3.8, 4) is 0 Å². The fourth-order valence-electron chi connectivity index (χ4n) is 1.76. The van der Waals surface area contributed by atoms with Gasteiger partial charge in [0, 0.05) is 13.2 Å². The van der Waals surface area contributed by atoms with E-state index in [2.05, 4.69) is 4.98 Å². The average Bonchev–Trinajstić information content (AvgIpc) is 2.42. The number of sulfonamides is 1. The van der Waals surface area contributed by atoms with E-state index < -0.39 is 15.8 Å². The summed E-state index contributed by atoms with van der Waals surface area (Å²) in [7, 11) is -2.45. The summed E-state index contributed by atoms with van der Waals surface area (Å²) in [5.41, 5.74) is 5.54. The summed E-state index contributed by atoms with van der Waals surface area (Å²) in [6.07, 6.45) is 1.49. The molecule has 2 N–H and O–H groups in total. The van der Waals surface area contributed by atoms with Crippen molar-refractivity contribution in [3.05, 3.63) is 47.9 Å². The van der Waals surface area contributed by atoms with Gasteiger partial charge >= 0.3 is 0 Å². The van der Waals surface area contributed by atoms with Crippen LogP contribution in [-0.2, 0) is 10.0 Å². The molecule has 0 radical (unpaired) electrons. The Morgan fingerprint density at radius 1 is 1.30 bits per heavy atom. The Morgan fingerprint density at radius 3 is 2.60 bits per heavy atom. The third kappa shape index (κ3) is 2.44. The van der Waals surface area contributed by atoms with E-state index in [4.69, 9.17) is 5.73 Å². The average molecular weight is 295 g/mol. The van der Waals surface area contributed by atoms with Gasteiger partial charge in [0.1, 0.15) is 11.6 Å². The van der Waals surface area contributed by atoms with Crippen LogP contribution in [0.3, 0.4) is 0 Å². The van der Waals surface area contributed by atoms with Crippen LogP contribution in [0, 0.1) is 12.7 Å². The lowest BCUT2D eigenvalue weighted by Crippen LogP contribution is -2.28. The molecule has 0 fully saturated rings. The van der Waals surface area contributed by atoms with Gasteiger partial charge in [-0.1, -0.05) is 6.07 Å². The lowest BCUT2D eigenvalue weighted by atomic mass is 10.2. The summed E-state index contributed by atoms with van der Waals surface area (Å²) in [6, 6.07) is 7.17. The lowest BCUT2D eigenvalue weighted by Gasteiger charge is -2.19. The molecule has 0 saturated heterocycles. The minimum Gasteiger partial charge on any atom is -0.396 e. The summed E-state index contributed by atoms with van der Waals surface area (Å²) in [6.45, 7) is 1.52. The molecule has 0 bridgehead atoms. The van der Waals surface area contributed by atoms with E-state index >= 15 is 0 Å². The summed E-state index contributed by atoms with van der Waals surface area (Å²) >= 11 is 0. The van der Waals surface area contributed by atoms with Crippen molar-refractivity contribution in [2.24, 2.45) is 0 Å². The van der Waals surface area contributed by atoms with Gasteiger partial charge < -0.3 is 5.73 Å². The molecule has 2 rings (SSSR count). The smallest absolute Gasteiger partial charge is 0.265 e. The van der Waals surface area contributed by atoms with Gasteiger partial charge in [0.05, 0.1) is 10.6 Å². The quantitative estimate of drug-likeness (QED) is 0.878. The van der Waals surface area contributed by atoms with Crippen molar-refractivity contribution in [2.75, 3.05) is 17.1 Å². The predicted molar refractivity (Wildman–Crippen MR) is 75.4 cm³/mol. The van der Waals surface area contributed by atoms with E-state index in [1.54, 1.807) is 18.2 Å². The van der Waals surface area contributed by atoms with Gasteiger partial charge in [0.15, 0.2) is 0 Å². The fraction of sp³-hybridized carbons (Fsp3) is 0.154. The Kier molecular flexibility index (Phi) is 3.63. The van der Waals surface area contributed by atoms with Crippen molar-refractivity contribution in [1.82, 2.24) is 4.98 Å². The summed E-state index contributed by atoms with van der Waals surface area (Å²) < 4.78 is 39.4. The highest BCUT2D eigenvalue weighted by atomic mass is 32.2. The van der Waals surface area contributed by atoms with Crippen LogP contribution in [0.1, 0.15) is 5.56 Å². The number of nitrogens with two attached hydrogens (primary N) is 1. The summed E-state index contributed by atoms with van der Waals surface area (Å²) in [5, 5.41) is 0. The molecule has 7 heteroatoms. The van der Waals surface area contributed by atoms with Gasteiger partial charge in [-0.15, -0.1) is 0 Å². The number of rotatable bonds is 3. The minimum atomic E-state index is -3.84. The monoisotopic (exact) mass is 295 g/mol. The normalized spacial score (nSPS) is 11.3. The maximum Gasteiger partial charge on any atom is 0.265 e. The third-order valence-corrected chi connectivity index (χ3v) is 4.81. The number of halogens is 1. The zero-order valence-corrected chi connectivity index (χ0v) is 11.9. The molecule has 5 nitrogen and oxygen atoms in total. The third-order valence-electron chi connectivity index (χ3n) is 2.90. The number of aryl methyl sites for hydroxylation is 1. The molecule has 2 aromatic rings. The van der Waals surface area contributed by atoms with Crippen LogP contribution >= 0.6 is 0 Å². The molecule has 0 atom stereocenters. The first kappa shape index (κ1) is 14.3. The molecule has 0 aliphatic rings. The van der Waals surface area contributed by atoms with Crippen LogP contribution in [0.2, 0.25) is 0 Å². The van der Waals surface area contributed by atoms with Gasteiger partial charge in [-0.2, -0.15) is 0 Å². The standard InChI is InChI=1S/C13H14FN3O2S/c1-9-7-10(14)11(15)8-12(9)20(18,19)17(2)13-5-3-4-6-16-13/h3-8H,15H2,1-2H3. The number of benzene rings is 1. The number of pyridine rings is 1. The molecular formula is C13H14FN3O2S. The number of nitrogen functional groups attached to an aromatic ring is 1. The first-order chi connectivity index (χ1) is 9.34. The molecule has 1 aromatic carbocycles. The van der Waals surface area contributed by atoms with Gasteiger partial charge in [0.25, 0.3) is 10.0 Å². The SMILES string of the molecule is Cc1cc(F)c(N)cc1S(=O)(=O)N(C)c1ccccn1. The van der Waals surface area contributed by atoms with E-state index in [1.807, 2.05) is 0 Å². The second-order valence-corrected chi connectivity index (χ2v) is 6.24. The highest BCUT2D eigenvalue weighted by molar-refractivity contribution is 7.92. The zero-order chi connectivity index (χ0) is 14.9. The van der Waals surface area contributed by atoms with E-state index in [0.29, 0.717) is 5.56 Å². The van der Waals surface area contributed by atoms with Gasteiger partial charge in [-0.25, -0.2) is 17.8 Å². The van der Waals surface area contributed by atoms with Crippen LogP contribution in [0.4, 0.5) is 15.9 Å². The Labute approximate surface area is 116 Å². The molecule has 0 amide bonds. The van der Waals surface area contributed by atoms with Crippen LogP contribution in [0.25, 0.3) is 0 Å². The molecular weight excluding hydrogens is 281 g/mol. The lowest BCUT2D eigenvalue weighted by molar-refractivity contribution is 0.592. The molecule has 0 unspecified atom stereocenters. The number of aromatic nitrogens is 1. The van der Waals surface area contributed by atoms with Crippen LogP contribution in [0.15, 0.2) is 41.4 Å². The summed E-state index contributed by atoms with van der Waals surface area (Å²) in [5.74, 6) is -0.364. The van der Waals surface area contributed by atoms with Gasteiger partial charge in [-0.05, 0) is 36.8 Å². The Balaban J connectivity index is 2.54. The molecule has 0 spiro atoms. The fourth-order valence-corrected chi connectivity index (χ4v) is 3.15. The van der Waals surface area contributed by atoms with Crippen molar-refractivity contribution in [2.45, 2.75) is 11.8 Å². The first-order valence-corrected chi connectivity index (χ1v) is 7.23. The number of anilines is 2. The van der Waals surface area contributed by atoms with E-state index in [0.717, 1.165) is 16.4 Å². The first-order valence-electron chi connectivity index (χ1n) is 5.79. The molecule has 106 valence electrons. The predicted octanol–water partition coefficient (Wildman–Crippen LogP) is 1.94. The number of nitrogens with zero attached hydrogens (tertiary/aromatic N) is 2. The second-order valence-electron chi connectivity index (χ2n) is 4.30. The molecule has 0 aliphatic heterocycles. The highest BCUT2D eigenvalue weighted by Gasteiger charge is 2.25.